The molecule has 0 aromatic heterocycles. The third-order valence-corrected chi connectivity index (χ3v) is 4.44. The maximum atomic E-state index is 13.4. The molecule has 0 aliphatic rings. The highest BCUT2D eigenvalue weighted by Gasteiger charge is 2.27. The molecule has 1 atom stereocenters. The van der Waals surface area contributed by atoms with E-state index in [0.29, 0.717) is 16.7 Å². The lowest BCUT2D eigenvalue weighted by Gasteiger charge is -2.18. The number of ether oxygens (including phenoxy) is 1. The van der Waals surface area contributed by atoms with Gasteiger partial charge < -0.3 is 10.1 Å². The van der Waals surface area contributed by atoms with Crippen molar-refractivity contribution in [3.63, 3.8) is 0 Å². The summed E-state index contributed by atoms with van der Waals surface area (Å²) in [5.74, 6) is -1.98. The number of benzene rings is 3. The van der Waals surface area contributed by atoms with E-state index in [-0.39, 0.29) is 17.8 Å². The minimum absolute atomic E-state index is 0.0114. The summed E-state index contributed by atoms with van der Waals surface area (Å²) in [6.45, 7) is 1.69. The van der Waals surface area contributed by atoms with Crippen molar-refractivity contribution < 1.29 is 23.6 Å². The van der Waals surface area contributed by atoms with E-state index in [2.05, 4.69) is 5.32 Å². The first-order chi connectivity index (χ1) is 14.8. The summed E-state index contributed by atoms with van der Waals surface area (Å²) in [4.78, 5) is 36.1. The summed E-state index contributed by atoms with van der Waals surface area (Å²) in [5, 5.41) is 13.8. The Labute approximate surface area is 177 Å². The smallest absolute Gasteiger partial charge is 0.311 e. The van der Waals surface area contributed by atoms with Crippen LogP contribution >= 0.6 is 0 Å². The number of rotatable bonds is 7. The highest BCUT2D eigenvalue weighted by Crippen LogP contribution is 2.28. The number of nitro benzene ring substituents is 1. The van der Waals surface area contributed by atoms with Gasteiger partial charge in [0.05, 0.1) is 11.3 Å². The van der Waals surface area contributed by atoms with Crippen molar-refractivity contribution in [3.05, 3.63) is 105 Å². The SMILES string of the molecule is Cc1ccc(NC(=O)C(OC(=O)Cc2cccc(F)c2)c2ccccc2)c([N+](=O)[O-])c1. The van der Waals surface area contributed by atoms with E-state index in [1.807, 2.05) is 0 Å². The third kappa shape index (κ3) is 5.72. The summed E-state index contributed by atoms with van der Waals surface area (Å²) in [6, 6.07) is 18.1. The number of halogens is 1. The molecule has 1 N–H and O–H groups in total. The fraction of sp³-hybridized carbons (Fsp3) is 0.130. The molecular formula is C23H19FN2O5. The van der Waals surface area contributed by atoms with Crippen molar-refractivity contribution in [2.24, 2.45) is 0 Å². The average Bonchev–Trinajstić information content (AvgIpc) is 2.73. The lowest BCUT2D eigenvalue weighted by atomic mass is 10.1. The topological polar surface area (TPSA) is 98.5 Å². The Morgan fingerprint density at radius 1 is 1.06 bits per heavy atom. The average molecular weight is 422 g/mol. The molecule has 158 valence electrons. The maximum absolute atomic E-state index is 13.4. The molecule has 0 fully saturated rings. The van der Waals surface area contributed by atoms with Gasteiger partial charge in [-0.3, -0.25) is 19.7 Å². The highest BCUT2D eigenvalue weighted by atomic mass is 19.1. The second-order valence-corrected chi connectivity index (χ2v) is 6.85. The molecule has 0 radical (unpaired) electrons. The minimum atomic E-state index is -1.34. The highest BCUT2D eigenvalue weighted by molar-refractivity contribution is 5.97. The van der Waals surface area contributed by atoms with Crippen molar-refractivity contribution in [2.45, 2.75) is 19.4 Å². The number of hydrogen-bond acceptors (Lipinski definition) is 5. The van der Waals surface area contributed by atoms with Crippen LogP contribution in [0.1, 0.15) is 22.8 Å². The van der Waals surface area contributed by atoms with Gasteiger partial charge in [0.25, 0.3) is 11.6 Å². The summed E-state index contributed by atoms with van der Waals surface area (Å²) < 4.78 is 18.8. The lowest BCUT2D eigenvalue weighted by Crippen LogP contribution is -2.26. The Hall–Kier alpha value is -4.07. The quantitative estimate of drug-likeness (QED) is 0.343. The summed E-state index contributed by atoms with van der Waals surface area (Å²) in [7, 11) is 0. The van der Waals surface area contributed by atoms with Gasteiger partial charge in [-0.05, 0) is 36.2 Å². The number of hydrogen-bond donors (Lipinski definition) is 1. The molecule has 31 heavy (non-hydrogen) atoms. The second kappa shape index (κ2) is 9.62. The third-order valence-electron chi connectivity index (χ3n) is 4.44. The number of nitro groups is 1. The number of amides is 1. The van der Waals surface area contributed by atoms with Gasteiger partial charge in [0, 0.05) is 11.6 Å². The van der Waals surface area contributed by atoms with Gasteiger partial charge in [0.2, 0.25) is 6.10 Å². The first-order valence-electron chi connectivity index (χ1n) is 9.38. The Balaban J connectivity index is 1.83. The Morgan fingerprint density at radius 3 is 2.48 bits per heavy atom. The first-order valence-corrected chi connectivity index (χ1v) is 9.38. The van der Waals surface area contributed by atoms with Crippen LogP contribution < -0.4 is 5.32 Å². The molecule has 3 rings (SSSR count). The van der Waals surface area contributed by atoms with Crippen LogP contribution in [0.2, 0.25) is 0 Å². The number of nitrogens with zero attached hydrogens (tertiary/aromatic N) is 1. The fourth-order valence-electron chi connectivity index (χ4n) is 2.98. The van der Waals surface area contributed by atoms with Gasteiger partial charge in [0.15, 0.2) is 0 Å². The van der Waals surface area contributed by atoms with Crippen molar-refractivity contribution in [2.75, 3.05) is 5.32 Å². The molecule has 0 aliphatic heterocycles. The molecule has 0 heterocycles. The zero-order valence-electron chi connectivity index (χ0n) is 16.6. The Morgan fingerprint density at radius 2 is 1.81 bits per heavy atom. The second-order valence-electron chi connectivity index (χ2n) is 6.85. The molecule has 8 heteroatoms. The van der Waals surface area contributed by atoms with E-state index in [1.165, 1.54) is 30.3 Å². The Kier molecular flexibility index (Phi) is 6.71. The monoisotopic (exact) mass is 422 g/mol. The normalized spacial score (nSPS) is 11.4. The van der Waals surface area contributed by atoms with Crippen LogP contribution in [0.4, 0.5) is 15.8 Å². The van der Waals surface area contributed by atoms with Crippen LogP contribution in [0.3, 0.4) is 0 Å². The van der Waals surface area contributed by atoms with Gasteiger partial charge in [-0.25, -0.2) is 4.39 Å². The van der Waals surface area contributed by atoms with E-state index < -0.39 is 28.7 Å². The van der Waals surface area contributed by atoms with Crippen LogP contribution in [0.5, 0.6) is 0 Å². The van der Waals surface area contributed by atoms with Gasteiger partial charge in [0.1, 0.15) is 11.5 Å². The van der Waals surface area contributed by atoms with Crippen molar-refractivity contribution in [1.82, 2.24) is 0 Å². The van der Waals surface area contributed by atoms with Crippen LogP contribution in [-0.4, -0.2) is 16.8 Å². The number of nitrogens with one attached hydrogen (secondary N) is 1. The lowest BCUT2D eigenvalue weighted by molar-refractivity contribution is -0.384. The van der Waals surface area contributed by atoms with Crippen molar-refractivity contribution in [3.8, 4) is 0 Å². The van der Waals surface area contributed by atoms with E-state index in [9.17, 15) is 24.1 Å². The van der Waals surface area contributed by atoms with Gasteiger partial charge >= 0.3 is 5.97 Å². The van der Waals surface area contributed by atoms with Crippen molar-refractivity contribution in [1.29, 1.82) is 0 Å². The Bertz CT molecular complexity index is 1120. The minimum Gasteiger partial charge on any atom is -0.447 e. The van der Waals surface area contributed by atoms with E-state index in [4.69, 9.17) is 4.74 Å². The molecule has 0 bridgehead atoms. The number of aryl methyl sites for hydroxylation is 1. The zero-order valence-corrected chi connectivity index (χ0v) is 16.6. The van der Waals surface area contributed by atoms with E-state index in [1.54, 1.807) is 49.4 Å². The van der Waals surface area contributed by atoms with Crippen LogP contribution in [-0.2, 0) is 20.7 Å². The predicted octanol–water partition coefficient (Wildman–Crippen LogP) is 4.51. The van der Waals surface area contributed by atoms with Gasteiger partial charge in [-0.2, -0.15) is 0 Å². The largest absolute Gasteiger partial charge is 0.447 e. The number of carbonyl (C=O) groups is 2. The van der Waals surface area contributed by atoms with Gasteiger partial charge in [-0.15, -0.1) is 0 Å². The molecule has 1 amide bonds. The van der Waals surface area contributed by atoms with Crippen LogP contribution in [0.15, 0.2) is 72.8 Å². The maximum Gasteiger partial charge on any atom is 0.311 e. The molecule has 0 aliphatic carbocycles. The van der Waals surface area contributed by atoms with E-state index in [0.717, 1.165) is 0 Å². The first kappa shape index (κ1) is 21.6. The standard InChI is InChI=1S/C23H19FN2O5/c1-15-10-11-19(20(12-15)26(29)30)25-23(28)22(17-7-3-2-4-8-17)31-21(27)14-16-6-5-9-18(24)13-16/h2-13,22H,14H2,1H3,(H,25,28). The summed E-state index contributed by atoms with van der Waals surface area (Å²) in [6.07, 6.45) is -1.58. The molecular weight excluding hydrogens is 403 g/mol. The molecule has 0 spiro atoms. The summed E-state index contributed by atoms with van der Waals surface area (Å²) >= 11 is 0. The number of esters is 1. The molecule has 3 aromatic carbocycles. The van der Waals surface area contributed by atoms with Crippen LogP contribution in [0, 0.1) is 22.9 Å². The molecule has 0 saturated heterocycles. The number of carbonyl (C=O) groups excluding carboxylic acids is 2. The molecule has 7 nitrogen and oxygen atoms in total. The predicted molar refractivity (Wildman–Crippen MR) is 112 cm³/mol. The van der Waals surface area contributed by atoms with E-state index >= 15 is 0 Å². The molecule has 0 saturated carbocycles. The van der Waals surface area contributed by atoms with Gasteiger partial charge in [-0.1, -0.05) is 48.5 Å². The van der Waals surface area contributed by atoms with Crippen molar-refractivity contribution >= 4 is 23.3 Å². The number of anilines is 1. The molecule has 3 aromatic rings. The molecule has 1 unspecified atom stereocenters. The van der Waals surface area contributed by atoms with Crippen LogP contribution in [0.25, 0.3) is 0 Å². The summed E-state index contributed by atoms with van der Waals surface area (Å²) in [5.41, 5.74) is 1.16. The fourth-order valence-corrected chi connectivity index (χ4v) is 2.98. The zero-order chi connectivity index (χ0) is 22.4.